The Kier molecular flexibility index (Phi) is 3.72. The van der Waals surface area contributed by atoms with Crippen molar-refractivity contribution in [3.8, 4) is 0 Å². The molecule has 120 valence electrons. The highest BCUT2D eigenvalue weighted by Crippen LogP contribution is 2.44. The van der Waals surface area contributed by atoms with Crippen molar-refractivity contribution in [2.45, 2.75) is 56.5 Å². The zero-order chi connectivity index (χ0) is 15.7. The maximum Gasteiger partial charge on any atom is 0.126 e. The van der Waals surface area contributed by atoms with E-state index in [0.29, 0.717) is 17.5 Å². The molecule has 4 rings (SSSR count). The lowest BCUT2D eigenvalue weighted by molar-refractivity contribution is 0.243. The van der Waals surface area contributed by atoms with Gasteiger partial charge in [-0.2, -0.15) is 0 Å². The van der Waals surface area contributed by atoms with E-state index in [1.807, 2.05) is 6.20 Å². The molecule has 2 saturated carbocycles. The van der Waals surface area contributed by atoms with Crippen LogP contribution in [-0.4, -0.2) is 17.1 Å². The Bertz CT molecular complexity index is 640. The Morgan fingerprint density at radius 1 is 0.957 bits per heavy atom. The first kappa shape index (κ1) is 14.6. The lowest BCUT2D eigenvalue weighted by atomic mass is 9.63. The lowest BCUT2D eigenvalue weighted by Gasteiger charge is -2.46. The Morgan fingerprint density at radius 2 is 1.74 bits per heavy atom. The summed E-state index contributed by atoms with van der Waals surface area (Å²) in [6.07, 6.45) is 8.22. The number of anilines is 2. The number of hydrogen-bond donors (Lipinski definition) is 2. The molecule has 1 aromatic carbocycles. The molecule has 2 aromatic rings. The fourth-order valence-corrected chi connectivity index (χ4v) is 3.77. The van der Waals surface area contributed by atoms with Crippen molar-refractivity contribution in [2.75, 3.05) is 10.6 Å². The maximum atomic E-state index is 4.53. The zero-order valence-electron chi connectivity index (χ0n) is 13.8. The number of rotatable bonds is 5. The van der Waals surface area contributed by atoms with Gasteiger partial charge in [0.05, 0.1) is 11.9 Å². The molecular weight excluding hydrogens is 282 g/mol. The van der Waals surface area contributed by atoms with Crippen LogP contribution in [-0.2, 0) is 5.41 Å². The highest BCUT2D eigenvalue weighted by molar-refractivity contribution is 5.49. The molecule has 0 saturated heterocycles. The van der Waals surface area contributed by atoms with E-state index in [9.17, 15) is 0 Å². The van der Waals surface area contributed by atoms with Gasteiger partial charge in [0.1, 0.15) is 5.82 Å². The second-order valence-electron chi connectivity index (χ2n) is 7.38. The van der Waals surface area contributed by atoms with Gasteiger partial charge in [-0.3, -0.25) is 0 Å². The third-order valence-electron chi connectivity index (χ3n) is 5.46. The number of nitrogens with one attached hydrogen (secondary N) is 2. The van der Waals surface area contributed by atoms with Gasteiger partial charge < -0.3 is 10.6 Å². The number of benzene rings is 1. The largest absolute Gasteiger partial charge is 0.381 e. The molecular formula is C20H25N3. The van der Waals surface area contributed by atoms with Crippen LogP contribution in [0.3, 0.4) is 0 Å². The molecule has 3 nitrogen and oxygen atoms in total. The first-order valence-electron chi connectivity index (χ1n) is 8.76. The summed E-state index contributed by atoms with van der Waals surface area (Å²) >= 11 is 0. The van der Waals surface area contributed by atoms with Gasteiger partial charge in [0, 0.05) is 12.1 Å². The maximum absolute atomic E-state index is 4.53. The minimum absolute atomic E-state index is 0.318. The number of aromatic nitrogens is 1. The Hall–Kier alpha value is -2.03. The van der Waals surface area contributed by atoms with Crippen molar-refractivity contribution in [1.82, 2.24) is 4.98 Å². The molecule has 0 bridgehead atoms. The van der Waals surface area contributed by atoms with Gasteiger partial charge in [-0.1, -0.05) is 37.3 Å². The standard InChI is InChI=1S/C20H25N3/c1-20(15-6-3-2-4-7-15)12-18(13-20)22-17-10-11-19(21-14-17)23-16-8-5-9-16/h2-4,6-7,10-11,14,16,18,22H,5,8-9,12-13H2,1H3,(H,21,23). The van der Waals surface area contributed by atoms with Gasteiger partial charge in [0.25, 0.3) is 0 Å². The van der Waals surface area contributed by atoms with E-state index in [1.54, 1.807) is 0 Å². The number of nitrogens with zero attached hydrogens (tertiary/aromatic N) is 1. The summed E-state index contributed by atoms with van der Waals surface area (Å²) in [4.78, 5) is 4.53. The summed E-state index contributed by atoms with van der Waals surface area (Å²) in [5.74, 6) is 1.00. The highest BCUT2D eigenvalue weighted by Gasteiger charge is 2.41. The summed E-state index contributed by atoms with van der Waals surface area (Å²) in [6, 6.07) is 16.3. The van der Waals surface area contributed by atoms with E-state index in [-0.39, 0.29) is 0 Å². The molecule has 2 N–H and O–H groups in total. The molecule has 0 aliphatic heterocycles. The Balaban J connectivity index is 1.31. The predicted molar refractivity (Wildman–Crippen MR) is 95.9 cm³/mol. The van der Waals surface area contributed by atoms with E-state index in [4.69, 9.17) is 0 Å². The van der Waals surface area contributed by atoms with Crippen molar-refractivity contribution in [2.24, 2.45) is 0 Å². The van der Waals surface area contributed by atoms with Crippen LogP contribution in [0.25, 0.3) is 0 Å². The first-order valence-corrected chi connectivity index (χ1v) is 8.76. The fourth-order valence-electron chi connectivity index (χ4n) is 3.77. The van der Waals surface area contributed by atoms with Gasteiger partial charge >= 0.3 is 0 Å². The first-order chi connectivity index (χ1) is 11.2. The molecule has 0 radical (unpaired) electrons. The topological polar surface area (TPSA) is 37.0 Å². The molecule has 2 fully saturated rings. The van der Waals surface area contributed by atoms with Crippen LogP contribution in [0, 0.1) is 0 Å². The van der Waals surface area contributed by atoms with Crippen molar-refractivity contribution in [3.63, 3.8) is 0 Å². The fraction of sp³-hybridized carbons (Fsp3) is 0.450. The van der Waals surface area contributed by atoms with E-state index in [0.717, 1.165) is 11.5 Å². The molecule has 0 spiro atoms. The number of pyridine rings is 1. The summed E-state index contributed by atoms with van der Waals surface area (Å²) in [5.41, 5.74) is 2.90. The second kappa shape index (κ2) is 5.88. The van der Waals surface area contributed by atoms with Crippen LogP contribution in [0.1, 0.15) is 44.6 Å². The SMILES string of the molecule is CC1(c2ccccc2)CC(Nc2ccc(NC3CCC3)nc2)C1. The van der Waals surface area contributed by atoms with Crippen LogP contribution < -0.4 is 10.6 Å². The molecule has 1 heterocycles. The minimum Gasteiger partial charge on any atom is -0.381 e. The quantitative estimate of drug-likeness (QED) is 0.849. The zero-order valence-corrected chi connectivity index (χ0v) is 13.8. The van der Waals surface area contributed by atoms with Crippen molar-refractivity contribution < 1.29 is 0 Å². The van der Waals surface area contributed by atoms with Crippen LogP contribution in [0.4, 0.5) is 11.5 Å². The molecule has 0 atom stereocenters. The second-order valence-corrected chi connectivity index (χ2v) is 7.38. The van der Waals surface area contributed by atoms with Gasteiger partial charge in [0.2, 0.25) is 0 Å². The van der Waals surface area contributed by atoms with Crippen molar-refractivity contribution in [1.29, 1.82) is 0 Å². The normalized spacial score (nSPS) is 26.9. The molecule has 0 amide bonds. The predicted octanol–water partition coefficient (Wildman–Crippen LogP) is 4.58. The molecule has 3 heteroatoms. The highest BCUT2D eigenvalue weighted by atomic mass is 15.0. The summed E-state index contributed by atoms with van der Waals surface area (Å²) in [5, 5.41) is 7.10. The number of hydrogen-bond acceptors (Lipinski definition) is 3. The van der Waals surface area contributed by atoms with E-state index < -0.39 is 0 Å². The van der Waals surface area contributed by atoms with Gasteiger partial charge in [0.15, 0.2) is 0 Å². The Morgan fingerprint density at radius 3 is 2.35 bits per heavy atom. The molecule has 23 heavy (non-hydrogen) atoms. The van der Waals surface area contributed by atoms with Gasteiger partial charge in [-0.25, -0.2) is 4.98 Å². The summed E-state index contributed by atoms with van der Waals surface area (Å²) in [7, 11) is 0. The van der Waals surface area contributed by atoms with Crippen molar-refractivity contribution in [3.05, 3.63) is 54.2 Å². The van der Waals surface area contributed by atoms with Crippen LogP contribution in [0.5, 0.6) is 0 Å². The monoisotopic (exact) mass is 307 g/mol. The third kappa shape index (κ3) is 3.05. The summed E-state index contributed by atoms with van der Waals surface area (Å²) < 4.78 is 0. The Labute approximate surface area is 138 Å². The van der Waals surface area contributed by atoms with Gasteiger partial charge in [-0.05, 0) is 55.2 Å². The third-order valence-corrected chi connectivity index (χ3v) is 5.46. The van der Waals surface area contributed by atoms with E-state index >= 15 is 0 Å². The average molecular weight is 307 g/mol. The molecule has 1 aromatic heterocycles. The van der Waals surface area contributed by atoms with Crippen LogP contribution in [0.2, 0.25) is 0 Å². The van der Waals surface area contributed by atoms with Crippen LogP contribution in [0.15, 0.2) is 48.7 Å². The smallest absolute Gasteiger partial charge is 0.126 e. The minimum atomic E-state index is 0.318. The van der Waals surface area contributed by atoms with E-state index in [2.05, 4.69) is 65.0 Å². The van der Waals surface area contributed by atoms with E-state index in [1.165, 1.54) is 37.7 Å². The van der Waals surface area contributed by atoms with Crippen LogP contribution >= 0.6 is 0 Å². The molecule has 0 unspecified atom stereocenters. The van der Waals surface area contributed by atoms with Gasteiger partial charge in [-0.15, -0.1) is 0 Å². The lowest BCUT2D eigenvalue weighted by Crippen LogP contribution is -2.46. The van der Waals surface area contributed by atoms with Crippen molar-refractivity contribution >= 4 is 11.5 Å². The molecule has 2 aliphatic rings. The summed E-state index contributed by atoms with van der Waals surface area (Å²) in [6.45, 7) is 2.37. The average Bonchev–Trinajstić information content (AvgIpc) is 2.51. The molecule has 2 aliphatic carbocycles.